The van der Waals surface area contributed by atoms with E-state index in [4.69, 9.17) is 15.6 Å². The van der Waals surface area contributed by atoms with E-state index in [1.807, 2.05) is 20.8 Å². The Labute approximate surface area is 162 Å². The van der Waals surface area contributed by atoms with Crippen molar-refractivity contribution in [1.29, 1.82) is 0 Å². The highest BCUT2D eigenvalue weighted by Gasteiger charge is 2.18. The molecule has 150 valence electrons. The molecule has 28 heavy (non-hydrogen) atoms. The summed E-state index contributed by atoms with van der Waals surface area (Å²) in [4.78, 5) is 12.5. The van der Waals surface area contributed by atoms with Crippen molar-refractivity contribution in [1.82, 2.24) is 24.6 Å². The van der Waals surface area contributed by atoms with Crippen LogP contribution in [-0.4, -0.2) is 49.0 Å². The van der Waals surface area contributed by atoms with Gasteiger partial charge in [0.1, 0.15) is 11.3 Å². The van der Waals surface area contributed by atoms with Gasteiger partial charge in [0.25, 0.3) is 0 Å². The molecule has 4 rings (SSSR count). The molecule has 0 radical (unpaired) electrons. The maximum Gasteiger partial charge on any atom is 0.238 e. The van der Waals surface area contributed by atoms with Crippen LogP contribution in [0.15, 0.2) is 24.7 Å². The number of aliphatic hydroxyl groups is 1. The van der Waals surface area contributed by atoms with Crippen molar-refractivity contribution in [3.8, 4) is 11.3 Å². The fourth-order valence-electron chi connectivity index (χ4n) is 2.74. The number of rotatable bonds is 1. The third kappa shape index (κ3) is 4.60. The highest BCUT2D eigenvalue weighted by atomic mass is 19.1. The lowest BCUT2D eigenvalue weighted by molar-refractivity contribution is -0.00535. The van der Waals surface area contributed by atoms with Crippen molar-refractivity contribution in [3.05, 3.63) is 36.3 Å². The number of aromatic nitrogens is 5. The normalized spacial score (nSPS) is 17.2. The van der Waals surface area contributed by atoms with Crippen LogP contribution in [0.25, 0.3) is 16.8 Å². The Bertz CT molecular complexity index is 930. The van der Waals surface area contributed by atoms with Crippen molar-refractivity contribution in [2.45, 2.75) is 45.1 Å². The molecule has 1 aliphatic heterocycles. The first-order chi connectivity index (χ1) is 13.3. The second kappa shape index (κ2) is 8.15. The summed E-state index contributed by atoms with van der Waals surface area (Å²) < 4.78 is 20.3. The van der Waals surface area contributed by atoms with E-state index in [0.29, 0.717) is 17.9 Å². The second-order valence-electron chi connectivity index (χ2n) is 7.71. The van der Waals surface area contributed by atoms with E-state index in [1.54, 1.807) is 12.4 Å². The first kappa shape index (κ1) is 20.1. The summed E-state index contributed by atoms with van der Waals surface area (Å²) in [6.45, 7) is 7.46. The second-order valence-corrected chi connectivity index (χ2v) is 7.71. The molecule has 8 nitrogen and oxygen atoms in total. The predicted octanol–water partition coefficient (Wildman–Crippen LogP) is 2.36. The summed E-state index contributed by atoms with van der Waals surface area (Å²) in [6, 6.07) is 1.37. The van der Waals surface area contributed by atoms with Gasteiger partial charge in [0.2, 0.25) is 5.95 Å². The van der Waals surface area contributed by atoms with E-state index < -0.39 is 5.82 Å². The van der Waals surface area contributed by atoms with Crippen molar-refractivity contribution in [3.63, 3.8) is 0 Å². The number of halogens is 1. The van der Waals surface area contributed by atoms with Crippen molar-refractivity contribution < 1.29 is 14.2 Å². The van der Waals surface area contributed by atoms with Crippen molar-refractivity contribution >= 4 is 11.5 Å². The van der Waals surface area contributed by atoms with Gasteiger partial charge < -0.3 is 15.6 Å². The minimum Gasteiger partial charge on any atom is -0.391 e. The summed E-state index contributed by atoms with van der Waals surface area (Å²) in [5.41, 5.74) is 6.89. The van der Waals surface area contributed by atoms with Crippen LogP contribution in [-0.2, 0) is 10.2 Å². The number of ether oxygens (including phenoxy) is 1. The molecule has 3 N–H and O–H groups in total. The Morgan fingerprint density at radius 1 is 1.21 bits per heavy atom. The number of hydrogen-bond donors (Lipinski definition) is 2. The minimum absolute atomic E-state index is 0.0755. The number of fused-ring (bicyclic) bond motifs is 1. The van der Waals surface area contributed by atoms with Crippen LogP contribution in [0, 0.1) is 5.82 Å². The molecule has 1 fully saturated rings. The third-order valence-electron chi connectivity index (χ3n) is 4.24. The lowest BCUT2D eigenvalue weighted by Gasteiger charge is -2.15. The Kier molecular flexibility index (Phi) is 5.85. The third-order valence-corrected chi connectivity index (χ3v) is 4.24. The van der Waals surface area contributed by atoms with Crippen LogP contribution >= 0.6 is 0 Å². The summed E-state index contributed by atoms with van der Waals surface area (Å²) in [5, 5.41) is 12.8. The molecule has 1 atom stereocenters. The molecule has 1 unspecified atom stereocenters. The number of anilines is 1. The molecule has 0 saturated carbocycles. The van der Waals surface area contributed by atoms with Crippen LogP contribution < -0.4 is 5.73 Å². The smallest absolute Gasteiger partial charge is 0.238 e. The van der Waals surface area contributed by atoms with Crippen LogP contribution in [0.5, 0.6) is 0 Å². The van der Waals surface area contributed by atoms with E-state index in [2.05, 4.69) is 20.1 Å². The standard InChI is InChI=1S/C14H15FN6.C5H10O2/c1-14(2,3)12-17-5-8(6-18-12)10-4-9(15)11-7-19-13(16)20-21(10)11;6-5-2-1-3-7-4-5/h4-7H,1-3H3,(H2,16,20);5-6H,1-4H2. The van der Waals surface area contributed by atoms with Gasteiger partial charge in [-0.1, -0.05) is 20.8 Å². The molecule has 0 amide bonds. The van der Waals surface area contributed by atoms with Crippen molar-refractivity contribution in [2.24, 2.45) is 0 Å². The van der Waals surface area contributed by atoms with Gasteiger partial charge in [-0.05, 0) is 12.8 Å². The fraction of sp³-hybridized carbons (Fsp3) is 0.474. The van der Waals surface area contributed by atoms with Gasteiger partial charge in [-0.25, -0.2) is 23.9 Å². The zero-order valence-corrected chi connectivity index (χ0v) is 16.3. The molecule has 3 aromatic rings. The molecule has 0 spiro atoms. The fourth-order valence-corrected chi connectivity index (χ4v) is 2.74. The Morgan fingerprint density at radius 3 is 2.46 bits per heavy atom. The van der Waals surface area contributed by atoms with E-state index >= 15 is 0 Å². The van der Waals surface area contributed by atoms with Crippen LogP contribution in [0.1, 0.15) is 39.4 Å². The molecule has 0 aliphatic carbocycles. The molecule has 1 aliphatic rings. The number of aliphatic hydroxyl groups excluding tert-OH is 1. The van der Waals surface area contributed by atoms with E-state index in [1.165, 1.54) is 16.8 Å². The van der Waals surface area contributed by atoms with Crippen LogP contribution in [0.2, 0.25) is 0 Å². The summed E-state index contributed by atoms with van der Waals surface area (Å²) >= 11 is 0. The minimum atomic E-state index is -0.412. The molecule has 4 heterocycles. The predicted molar refractivity (Wildman–Crippen MR) is 103 cm³/mol. The molecule has 9 heteroatoms. The van der Waals surface area contributed by atoms with E-state index in [0.717, 1.165) is 25.3 Å². The highest BCUT2D eigenvalue weighted by molar-refractivity contribution is 5.65. The SMILES string of the molecule is CC(C)(C)c1ncc(-c2cc(F)c3cnc(N)nn23)cn1.OC1CCCOC1. The zero-order valence-electron chi connectivity index (χ0n) is 16.3. The molecule has 1 saturated heterocycles. The average Bonchev–Trinajstić information content (AvgIpc) is 2.98. The average molecular weight is 388 g/mol. The number of nitrogens with two attached hydrogens (primary N) is 1. The van der Waals surface area contributed by atoms with Gasteiger partial charge in [0.15, 0.2) is 5.82 Å². The first-order valence-electron chi connectivity index (χ1n) is 9.14. The first-order valence-corrected chi connectivity index (χ1v) is 9.14. The van der Waals surface area contributed by atoms with Gasteiger partial charge in [-0.2, -0.15) is 0 Å². The van der Waals surface area contributed by atoms with Gasteiger partial charge in [0.05, 0.1) is 24.6 Å². The highest BCUT2D eigenvalue weighted by Crippen LogP contribution is 2.25. The van der Waals surface area contributed by atoms with Gasteiger partial charge >= 0.3 is 0 Å². The molecular weight excluding hydrogens is 363 g/mol. The van der Waals surface area contributed by atoms with Gasteiger partial charge in [-0.3, -0.25) is 0 Å². The van der Waals surface area contributed by atoms with E-state index in [-0.39, 0.29) is 23.0 Å². The zero-order chi connectivity index (χ0) is 20.3. The number of hydrogen-bond acceptors (Lipinski definition) is 7. The summed E-state index contributed by atoms with van der Waals surface area (Å²) in [5.74, 6) is 0.387. The Hall–Kier alpha value is -2.65. The summed E-state index contributed by atoms with van der Waals surface area (Å²) in [7, 11) is 0. The topological polar surface area (TPSA) is 111 Å². The van der Waals surface area contributed by atoms with Crippen LogP contribution in [0.4, 0.5) is 10.3 Å². The maximum atomic E-state index is 13.9. The monoisotopic (exact) mass is 388 g/mol. The summed E-state index contributed by atoms with van der Waals surface area (Å²) in [6.07, 6.45) is 6.42. The quantitative estimate of drug-likeness (QED) is 0.658. The van der Waals surface area contributed by atoms with E-state index in [9.17, 15) is 4.39 Å². The lowest BCUT2D eigenvalue weighted by Crippen LogP contribution is -2.21. The van der Waals surface area contributed by atoms with Crippen molar-refractivity contribution in [2.75, 3.05) is 18.9 Å². The molecule has 3 aromatic heterocycles. The van der Waals surface area contributed by atoms with Gasteiger partial charge in [0, 0.05) is 36.0 Å². The van der Waals surface area contributed by atoms with Gasteiger partial charge in [-0.15, -0.1) is 5.10 Å². The number of nitrogens with zero attached hydrogens (tertiary/aromatic N) is 5. The Balaban J connectivity index is 0.000000271. The lowest BCUT2D eigenvalue weighted by atomic mass is 9.96. The molecule has 0 aromatic carbocycles. The Morgan fingerprint density at radius 2 is 1.93 bits per heavy atom. The maximum absolute atomic E-state index is 13.9. The molecule has 0 bridgehead atoms. The number of nitrogen functional groups attached to an aromatic ring is 1. The largest absolute Gasteiger partial charge is 0.391 e. The molecular formula is C19H25FN6O2. The van der Waals surface area contributed by atoms with Crippen LogP contribution in [0.3, 0.4) is 0 Å².